The predicted octanol–water partition coefficient (Wildman–Crippen LogP) is 3.79. The van der Waals surface area contributed by atoms with E-state index in [4.69, 9.17) is 14.4 Å². The molecule has 3 aromatic rings. The van der Waals surface area contributed by atoms with Crippen molar-refractivity contribution in [1.82, 2.24) is 4.90 Å². The quantitative estimate of drug-likeness (QED) is 0.716. The lowest BCUT2D eigenvalue weighted by Crippen LogP contribution is -2.28. The van der Waals surface area contributed by atoms with E-state index in [1.54, 1.807) is 30.0 Å². The molecule has 2 aromatic carbocycles. The summed E-state index contributed by atoms with van der Waals surface area (Å²) in [6.45, 7) is 2.79. The molecule has 148 valence electrons. The first-order valence-corrected chi connectivity index (χ1v) is 9.68. The van der Waals surface area contributed by atoms with Gasteiger partial charge in [0.2, 0.25) is 5.91 Å². The van der Waals surface area contributed by atoms with Gasteiger partial charge in [0.15, 0.2) is 11.5 Å². The molecule has 29 heavy (non-hydrogen) atoms. The Morgan fingerprint density at radius 2 is 2.14 bits per heavy atom. The van der Waals surface area contributed by atoms with Crippen molar-refractivity contribution >= 4 is 16.9 Å². The molecular formula is C23H22N2O4. The molecule has 0 bridgehead atoms. The van der Waals surface area contributed by atoms with Crippen LogP contribution in [0, 0.1) is 11.3 Å². The summed E-state index contributed by atoms with van der Waals surface area (Å²) >= 11 is 0. The van der Waals surface area contributed by atoms with Gasteiger partial charge in [0.25, 0.3) is 0 Å². The fraction of sp³-hybridized carbons (Fsp3) is 0.304. The molecule has 1 saturated heterocycles. The molecule has 0 spiro atoms. The topological polar surface area (TPSA) is 86.7 Å². The van der Waals surface area contributed by atoms with Crippen molar-refractivity contribution in [3.8, 4) is 17.6 Å². The van der Waals surface area contributed by atoms with E-state index in [1.807, 2.05) is 24.3 Å². The lowest BCUT2D eigenvalue weighted by molar-refractivity contribution is -0.128. The van der Waals surface area contributed by atoms with E-state index in [2.05, 4.69) is 6.07 Å². The first-order chi connectivity index (χ1) is 14.0. The zero-order valence-corrected chi connectivity index (χ0v) is 16.2. The van der Waals surface area contributed by atoms with Gasteiger partial charge >= 0.3 is 0 Å². The molecule has 1 atom stereocenters. The van der Waals surface area contributed by atoms with Crippen LogP contribution in [0.5, 0.6) is 11.5 Å². The molecule has 1 N–H and O–H groups in total. The molecule has 0 aliphatic carbocycles. The largest absolute Gasteiger partial charge is 0.504 e. The van der Waals surface area contributed by atoms with Crippen LogP contribution >= 0.6 is 0 Å². The Balaban J connectivity index is 1.38. The van der Waals surface area contributed by atoms with E-state index in [0.29, 0.717) is 37.2 Å². The highest BCUT2D eigenvalue weighted by Gasteiger charge is 2.26. The van der Waals surface area contributed by atoms with Gasteiger partial charge in [0, 0.05) is 31.7 Å². The average Bonchev–Trinajstić information content (AvgIpc) is 3.34. The number of hydrogen-bond donors (Lipinski definition) is 1. The SMILES string of the molecule is CC(=O)N1CC[C@H](Oc2ccc(CCc3cc4cc(C#N)ccc4o3)cc2O)C1. The van der Waals surface area contributed by atoms with Crippen molar-refractivity contribution in [3.63, 3.8) is 0 Å². The molecule has 4 rings (SSSR count). The smallest absolute Gasteiger partial charge is 0.219 e. The van der Waals surface area contributed by atoms with Gasteiger partial charge in [-0.15, -0.1) is 0 Å². The van der Waals surface area contributed by atoms with Crippen molar-refractivity contribution in [2.75, 3.05) is 13.1 Å². The Morgan fingerprint density at radius 3 is 2.86 bits per heavy atom. The van der Waals surface area contributed by atoms with E-state index in [9.17, 15) is 9.90 Å². The van der Waals surface area contributed by atoms with Crippen molar-refractivity contribution in [3.05, 3.63) is 59.4 Å². The Morgan fingerprint density at radius 1 is 1.28 bits per heavy atom. The van der Waals surface area contributed by atoms with Crippen LogP contribution in [0.2, 0.25) is 0 Å². The summed E-state index contributed by atoms with van der Waals surface area (Å²) in [6, 6.07) is 14.9. The third-order valence-electron chi connectivity index (χ3n) is 5.26. The molecule has 1 amide bonds. The molecule has 0 unspecified atom stereocenters. The van der Waals surface area contributed by atoms with E-state index in [0.717, 1.165) is 28.7 Å². The lowest BCUT2D eigenvalue weighted by atomic mass is 10.1. The van der Waals surface area contributed by atoms with Gasteiger partial charge in [-0.3, -0.25) is 4.79 Å². The van der Waals surface area contributed by atoms with Gasteiger partial charge in [-0.2, -0.15) is 5.26 Å². The number of aromatic hydroxyl groups is 1. The number of hydrogen-bond acceptors (Lipinski definition) is 5. The van der Waals surface area contributed by atoms with Crippen molar-refractivity contribution in [1.29, 1.82) is 5.26 Å². The van der Waals surface area contributed by atoms with Crippen LogP contribution in [-0.4, -0.2) is 35.1 Å². The van der Waals surface area contributed by atoms with Crippen LogP contribution in [0.1, 0.15) is 30.2 Å². The number of nitriles is 1. The van der Waals surface area contributed by atoms with Crippen LogP contribution in [0.3, 0.4) is 0 Å². The maximum atomic E-state index is 11.4. The molecular weight excluding hydrogens is 368 g/mol. The van der Waals surface area contributed by atoms with Crippen LogP contribution in [0.15, 0.2) is 46.9 Å². The average molecular weight is 390 g/mol. The summed E-state index contributed by atoms with van der Waals surface area (Å²) in [5, 5.41) is 20.3. The summed E-state index contributed by atoms with van der Waals surface area (Å²) in [6.07, 6.45) is 2.07. The highest BCUT2D eigenvalue weighted by atomic mass is 16.5. The molecule has 0 saturated carbocycles. The van der Waals surface area contributed by atoms with Gasteiger partial charge in [0.1, 0.15) is 17.4 Å². The number of amides is 1. The molecule has 1 aromatic heterocycles. The van der Waals surface area contributed by atoms with Crippen LogP contribution < -0.4 is 4.74 Å². The van der Waals surface area contributed by atoms with Gasteiger partial charge in [0.05, 0.1) is 18.2 Å². The second kappa shape index (κ2) is 7.88. The van der Waals surface area contributed by atoms with Gasteiger partial charge in [-0.05, 0) is 48.4 Å². The first-order valence-electron chi connectivity index (χ1n) is 9.68. The third-order valence-corrected chi connectivity index (χ3v) is 5.26. The predicted molar refractivity (Wildman–Crippen MR) is 108 cm³/mol. The minimum atomic E-state index is -0.0931. The van der Waals surface area contributed by atoms with Gasteiger partial charge < -0.3 is 19.2 Å². The number of rotatable bonds is 5. The molecule has 1 aliphatic heterocycles. The molecule has 1 fully saturated rings. The summed E-state index contributed by atoms with van der Waals surface area (Å²) < 4.78 is 11.7. The molecule has 6 nitrogen and oxygen atoms in total. The lowest BCUT2D eigenvalue weighted by Gasteiger charge is -2.16. The third kappa shape index (κ3) is 4.19. The first kappa shape index (κ1) is 18.9. The van der Waals surface area contributed by atoms with E-state index >= 15 is 0 Å². The molecule has 2 heterocycles. The standard InChI is InChI=1S/C23H22N2O4/c1-15(26)25-9-8-20(14-25)29-23-7-3-16(11-21(23)27)2-5-19-12-18-10-17(13-24)4-6-22(18)28-19/h3-4,6-7,10-12,20,27H,2,5,8-9,14H2,1H3/t20-/m0/s1. The van der Waals surface area contributed by atoms with Gasteiger partial charge in [-0.25, -0.2) is 0 Å². The van der Waals surface area contributed by atoms with E-state index in [1.165, 1.54) is 0 Å². The maximum Gasteiger partial charge on any atom is 0.219 e. The van der Waals surface area contributed by atoms with Crippen LogP contribution in [0.25, 0.3) is 11.0 Å². The Bertz CT molecular complexity index is 1100. The van der Waals surface area contributed by atoms with Crippen LogP contribution in [0.4, 0.5) is 0 Å². The van der Waals surface area contributed by atoms with Crippen molar-refractivity contribution in [2.45, 2.75) is 32.3 Å². The summed E-state index contributed by atoms with van der Waals surface area (Å²) in [5.74, 6) is 1.43. The van der Waals surface area contributed by atoms with Crippen molar-refractivity contribution < 1.29 is 19.1 Å². The minimum Gasteiger partial charge on any atom is -0.504 e. The zero-order chi connectivity index (χ0) is 20.4. The number of fused-ring (bicyclic) bond motifs is 1. The second-order valence-corrected chi connectivity index (χ2v) is 7.37. The number of carbonyl (C=O) groups is 1. The Kier molecular flexibility index (Phi) is 5.13. The number of nitrogens with zero attached hydrogens (tertiary/aromatic N) is 2. The monoisotopic (exact) mass is 390 g/mol. The minimum absolute atomic E-state index is 0.0464. The maximum absolute atomic E-state index is 11.4. The number of likely N-dealkylation sites (tertiary alicyclic amines) is 1. The van der Waals surface area contributed by atoms with Crippen molar-refractivity contribution in [2.24, 2.45) is 0 Å². The summed E-state index contributed by atoms with van der Waals surface area (Å²) in [4.78, 5) is 13.2. The highest BCUT2D eigenvalue weighted by Crippen LogP contribution is 2.30. The zero-order valence-electron chi connectivity index (χ0n) is 16.2. The number of phenolic OH excluding ortho intramolecular Hbond substituents is 1. The number of aryl methyl sites for hydroxylation is 2. The second-order valence-electron chi connectivity index (χ2n) is 7.37. The molecule has 6 heteroatoms. The number of furan rings is 1. The molecule has 0 radical (unpaired) electrons. The fourth-order valence-electron chi connectivity index (χ4n) is 3.67. The summed E-state index contributed by atoms with van der Waals surface area (Å²) in [5.41, 5.74) is 2.35. The Labute approximate surface area is 168 Å². The molecule has 1 aliphatic rings. The van der Waals surface area contributed by atoms with E-state index in [-0.39, 0.29) is 17.8 Å². The number of phenols is 1. The normalized spacial score (nSPS) is 16.1. The fourth-order valence-corrected chi connectivity index (χ4v) is 3.67. The van der Waals surface area contributed by atoms with E-state index < -0.39 is 0 Å². The number of ether oxygens (including phenoxy) is 1. The number of carbonyl (C=O) groups excluding carboxylic acids is 1. The van der Waals surface area contributed by atoms with Gasteiger partial charge in [-0.1, -0.05) is 6.07 Å². The Hall–Kier alpha value is -3.46. The van der Waals surface area contributed by atoms with Crippen LogP contribution in [-0.2, 0) is 17.6 Å². The number of benzene rings is 2. The highest BCUT2D eigenvalue weighted by molar-refractivity contribution is 5.79. The summed E-state index contributed by atoms with van der Waals surface area (Å²) in [7, 11) is 0.